The van der Waals surface area contributed by atoms with Gasteiger partial charge in [0.1, 0.15) is 10.7 Å². The van der Waals surface area contributed by atoms with Crippen LogP contribution >= 0.6 is 11.3 Å². The van der Waals surface area contributed by atoms with Gasteiger partial charge in [0.15, 0.2) is 0 Å². The van der Waals surface area contributed by atoms with Gasteiger partial charge in [-0.15, -0.1) is 11.3 Å². The molecule has 0 saturated heterocycles. The number of thiophene rings is 1. The van der Waals surface area contributed by atoms with E-state index >= 15 is 0 Å². The lowest BCUT2D eigenvalue weighted by atomic mass is 9.89. The van der Waals surface area contributed by atoms with Gasteiger partial charge in [-0.2, -0.15) is 0 Å². The molecular formula is C21H28N4O2S. The minimum absolute atomic E-state index is 0.0974. The molecular weight excluding hydrogens is 372 g/mol. The number of carbonyl (C=O) groups excluding carboxylic acids is 2. The molecule has 2 aromatic heterocycles. The number of nitrogens with one attached hydrogen (secondary N) is 2. The quantitative estimate of drug-likeness (QED) is 0.726. The zero-order chi connectivity index (χ0) is 19.7. The smallest absolute Gasteiger partial charge is 0.261 e. The third-order valence-corrected chi connectivity index (χ3v) is 7.01. The summed E-state index contributed by atoms with van der Waals surface area (Å²) in [4.78, 5) is 35.8. The highest BCUT2D eigenvalue weighted by atomic mass is 32.1. The van der Waals surface area contributed by atoms with Crippen molar-refractivity contribution in [3.05, 3.63) is 22.0 Å². The number of hydrogen-bond acceptors (Lipinski definition) is 5. The maximum atomic E-state index is 12.7. The summed E-state index contributed by atoms with van der Waals surface area (Å²) < 4.78 is 0. The largest absolute Gasteiger partial charge is 0.354 e. The van der Waals surface area contributed by atoms with E-state index in [1.165, 1.54) is 17.8 Å². The molecule has 0 atom stereocenters. The Kier molecular flexibility index (Phi) is 5.62. The molecule has 0 aromatic carbocycles. The minimum atomic E-state index is -0.0974. The molecule has 0 radical (unpaired) electrons. The van der Waals surface area contributed by atoms with Crippen LogP contribution in [0.1, 0.15) is 77.6 Å². The fraction of sp³-hybridized carbons (Fsp3) is 0.619. The van der Waals surface area contributed by atoms with Gasteiger partial charge in [-0.1, -0.05) is 19.3 Å². The van der Waals surface area contributed by atoms with E-state index < -0.39 is 0 Å². The third kappa shape index (κ3) is 4.04. The Morgan fingerprint density at radius 3 is 2.43 bits per heavy atom. The van der Waals surface area contributed by atoms with E-state index in [2.05, 4.69) is 15.6 Å². The van der Waals surface area contributed by atoms with Crippen LogP contribution in [-0.2, 0) is 4.79 Å². The Morgan fingerprint density at radius 2 is 1.71 bits per heavy atom. The van der Waals surface area contributed by atoms with Gasteiger partial charge in [-0.05, 0) is 45.1 Å². The summed E-state index contributed by atoms with van der Waals surface area (Å²) >= 11 is 1.44. The van der Waals surface area contributed by atoms with Gasteiger partial charge in [0.05, 0.1) is 10.6 Å². The summed E-state index contributed by atoms with van der Waals surface area (Å²) in [5.74, 6) is 1.60. The molecule has 0 spiro atoms. The first-order valence-corrected chi connectivity index (χ1v) is 11.2. The minimum Gasteiger partial charge on any atom is -0.354 e. The number of carbonyl (C=O) groups is 2. The van der Waals surface area contributed by atoms with E-state index in [0.717, 1.165) is 65.8 Å². The van der Waals surface area contributed by atoms with E-state index in [1.807, 2.05) is 13.8 Å². The number of fused-ring (bicyclic) bond motifs is 1. The molecule has 2 heterocycles. The molecule has 2 N–H and O–H groups in total. The first-order chi connectivity index (χ1) is 13.5. The summed E-state index contributed by atoms with van der Waals surface area (Å²) in [6.45, 7) is 4.86. The van der Waals surface area contributed by atoms with Gasteiger partial charge < -0.3 is 10.6 Å². The highest BCUT2D eigenvalue weighted by molar-refractivity contribution is 7.20. The summed E-state index contributed by atoms with van der Waals surface area (Å²) in [5.41, 5.74) is 1.91. The van der Waals surface area contributed by atoms with Crippen LogP contribution in [0.4, 0.5) is 0 Å². The number of nitrogens with zero attached hydrogens (tertiary/aromatic N) is 2. The Morgan fingerprint density at radius 1 is 1.00 bits per heavy atom. The molecule has 150 valence electrons. The second kappa shape index (κ2) is 8.15. The molecule has 7 heteroatoms. The Hall–Kier alpha value is -2.02. The fourth-order valence-corrected chi connectivity index (χ4v) is 5.21. The van der Waals surface area contributed by atoms with Crippen LogP contribution in [0.25, 0.3) is 10.2 Å². The van der Waals surface area contributed by atoms with Crippen molar-refractivity contribution < 1.29 is 9.59 Å². The van der Waals surface area contributed by atoms with Crippen molar-refractivity contribution in [1.29, 1.82) is 0 Å². The number of amides is 2. The van der Waals surface area contributed by atoms with Gasteiger partial charge in [-0.25, -0.2) is 9.97 Å². The summed E-state index contributed by atoms with van der Waals surface area (Å²) in [6, 6.07) is 0. The number of aryl methyl sites for hydroxylation is 2. The molecule has 2 aromatic rings. The van der Waals surface area contributed by atoms with Crippen LogP contribution in [0.15, 0.2) is 0 Å². The molecule has 2 saturated carbocycles. The summed E-state index contributed by atoms with van der Waals surface area (Å²) in [7, 11) is 0. The highest BCUT2D eigenvalue weighted by Crippen LogP contribution is 2.40. The number of aromatic nitrogens is 2. The molecule has 6 nitrogen and oxygen atoms in total. The summed E-state index contributed by atoms with van der Waals surface area (Å²) in [6.07, 6.45) is 7.82. The molecule has 0 bridgehead atoms. The van der Waals surface area contributed by atoms with Crippen LogP contribution < -0.4 is 10.6 Å². The fourth-order valence-electron chi connectivity index (χ4n) is 4.05. The van der Waals surface area contributed by atoms with Crippen molar-refractivity contribution >= 4 is 33.4 Å². The molecule has 2 amide bonds. The lowest BCUT2D eigenvalue weighted by Crippen LogP contribution is -2.38. The molecule has 2 aliphatic carbocycles. The number of hydrogen-bond donors (Lipinski definition) is 2. The maximum Gasteiger partial charge on any atom is 0.261 e. The molecule has 0 unspecified atom stereocenters. The van der Waals surface area contributed by atoms with Gasteiger partial charge >= 0.3 is 0 Å². The monoisotopic (exact) mass is 400 g/mol. The zero-order valence-corrected chi connectivity index (χ0v) is 17.5. The second-order valence-corrected chi connectivity index (χ2v) is 9.06. The predicted molar refractivity (Wildman–Crippen MR) is 111 cm³/mol. The summed E-state index contributed by atoms with van der Waals surface area (Å²) in [5, 5.41) is 6.91. The lowest BCUT2D eigenvalue weighted by molar-refractivity contribution is -0.125. The van der Waals surface area contributed by atoms with E-state index in [4.69, 9.17) is 4.98 Å². The Bertz CT molecular complexity index is 897. The van der Waals surface area contributed by atoms with Crippen molar-refractivity contribution in [2.75, 3.05) is 13.1 Å². The van der Waals surface area contributed by atoms with E-state index in [9.17, 15) is 9.59 Å². The second-order valence-electron chi connectivity index (χ2n) is 8.06. The number of rotatable bonds is 6. The molecule has 0 aliphatic heterocycles. The van der Waals surface area contributed by atoms with Crippen LogP contribution in [0.2, 0.25) is 0 Å². The standard InChI is InChI=1S/C21H28N4O2S/c1-12-16-13(2)24-18(14-8-9-14)25-21(16)28-17(12)20(27)23-11-10-22-19(26)15-6-4-3-5-7-15/h14-15H,3-11H2,1-2H3,(H,22,26)(H,23,27). The zero-order valence-electron chi connectivity index (χ0n) is 16.6. The lowest BCUT2D eigenvalue weighted by Gasteiger charge is -2.20. The van der Waals surface area contributed by atoms with Gasteiger partial charge in [-0.3, -0.25) is 9.59 Å². The topological polar surface area (TPSA) is 84.0 Å². The Labute approximate surface area is 169 Å². The van der Waals surface area contributed by atoms with Crippen LogP contribution in [0, 0.1) is 19.8 Å². The average Bonchev–Trinajstić information content (AvgIpc) is 3.49. The first-order valence-electron chi connectivity index (χ1n) is 10.4. The maximum absolute atomic E-state index is 12.7. The molecule has 4 rings (SSSR count). The van der Waals surface area contributed by atoms with Crippen molar-refractivity contribution in [1.82, 2.24) is 20.6 Å². The normalized spacial score (nSPS) is 17.6. The predicted octanol–water partition coefficient (Wildman–Crippen LogP) is 3.61. The van der Waals surface area contributed by atoms with Gasteiger partial charge in [0.25, 0.3) is 5.91 Å². The van der Waals surface area contributed by atoms with Crippen molar-refractivity contribution in [2.24, 2.45) is 5.92 Å². The highest BCUT2D eigenvalue weighted by Gasteiger charge is 2.28. The Balaban J connectivity index is 1.35. The average molecular weight is 401 g/mol. The first kappa shape index (κ1) is 19.3. The molecule has 28 heavy (non-hydrogen) atoms. The van der Waals surface area contributed by atoms with E-state index in [0.29, 0.717) is 23.9 Å². The SMILES string of the molecule is Cc1nc(C2CC2)nc2sc(C(=O)NCCNC(=O)C3CCCCC3)c(C)c12. The van der Waals surface area contributed by atoms with Crippen LogP contribution in [0.3, 0.4) is 0 Å². The van der Waals surface area contributed by atoms with Crippen molar-refractivity contribution in [2.45, 2.75) is 64.7 Å². The van der Waals surface area contributed by atoms with Gasteiger partial charge in [0.2, 0.25) is 5.91 Å². The molecule has 2 aliphatic rings. The molecule has 2 fully saturated rings. The van der Waals surface area contributed by atoms with Crippen molar-refractivity contribution in [3.8, 4) is 0 Å². The third-order valence-electron chi connectivity index (χ3n) is 5.82. The van der Waals surface area contributed by atoms with Crippen LogP contribution in [-0.4, -0.2) is 34.9 Å². The van der Waals surface area contributed by atoms with Crippen LogP contribution in [0.5, 0.6) is 0 Å². The van der Waals surface area contributed by atoms with Crippen molar-refractivity contribution in [3.63, 3.8) is 0 Å². The van der Waals surface area contributed by atoms with E-state index in [-0.39, 0.29) is 17.7 Å². The van der Waals surface area contributed by atoms with Gasteiger partial charge in [0, 0.05) is 30.3 Å². The van der Waals surface area contributed by atoms with E-state index in [1.54, 1.807) is 0 Å².